The second-order valence-electron chi connectivity index (χ2n) is 5.67. The number of rotatable bonds is 2. The van der Waals surface area contributed by atoms with Crippen LogP contribution in [0.2, 0.25) is 0 Å². The van der Waals surface area contributed by atoms with Crippen molar-refractivity contribution in [1.82, 2.24) is 9.55 Å². The first-order chi connectivity index (χ1) is 9.90. The van der Waals surface area contributed by atoms with Crippen LogP contribution in [0, 0.1) is 5.92 Å². The molecular weight excluding hydrogens is 250 g/mol. The molecule has 1 saturated heterocycles. The number of anilines is 1. The number of hydrogen-bond donors (Lipinski definition) is 1. The minimum Gasteiger partial charge on any atom is -0.381 e. The lowest BCUT2D eigenvalue weighted by molar-refractivity contribution is 0.180. The summed E-state index contributed by atoms with van der Waals surface area (Å²) < 4.78 is 7.74. The Balaban J connectivity index is 1.58. The largest absolute Gasteiger partial charge is 0.381 e. The number of aromatic nitrogens is 2. The SMILES string of the molecule is c1ccc(-c2cn3c(n2)NC(C2CCOC2)CC3)cc1. The minimum absolute atomic E-state index is 0.510. The van der Waals surface area contributed by atoms with E-state index in [9.17, 15) is 0 Å². The predicted molar refractivity (Wildman–Crippen MR) is 78.6 cm³/mol. The third-order valence-electron chi connectivity index (χ3n) is 4.38. The highest BCUT2D eigenvalue weighted by atomic mass is 16.5. The zero-order chi connectivity index (χ0) is 13.4. The lowest BCUT2D eigenvalue weighted by atomic mass is 9.95. The van der Waals surface area contributed by atoms with Crippen LogP contribution in [0.4, 0.5) is 5.95 Å². The molecule has 1 aromatic carbocycles. The number of imidazole rings is 1. The van der Waals surface area contributed by atoms with E-state index in [2.05, 4.69) is 40.3 Å². The average Bonchev–Trinajstić information content (AvgIpc) is 3.16. The molecule has 3 heterocycles. The van der Waals surface area contributed by atoms with Crippen molar-refractivity contribution in [3.63, 3.8) is 0 Å². The number of nitrogens with zero attached hydrogens (tertiary/aromatic N) is 2. The van der Waals surface area contributed by atoms with Crippen molar-refractivity contribution >= 4 is 5.95 Å². The summed E-state index contributed by atoms with van der Waals surface area (Å²) in [6.07, 6.45) is 4.48. The molecule has 2 aliphatic heterocycles. The molecule has 1 aromatic heterocycles. The molecule has 0 radical (unpaired) electrons. The number of aryl methyl sites for hydroxylation is 1. The molecule has 2 aliphatic rings. The van der Waals surface area contributed by atoms with Crippen molar-refractivity contribution in [2.24, 2.45) is 5.92 Å². The Labute approximate surface area is 118 Å². The van der Waals surface area contributed by atoms with E-state index in [0.29, 0.717) is 12.0 Å². The van der Waals surface area contributed by atoms with E-state index in [0.717, 1.165) is 37.8 Å². The highest BCUT2D eigenvalue weighted by Gasteiger charge is 2.29. The zero-order valence-electron chi connectivity index (χ0n) is 11.5. The molecule has 1 N–H and O–H groups in total. The fourth-order valence-corrected chi connectivity index (χ4v) is 3.19. The third kappa shape index (κ3) is 2.10. The Morgan fingerprint density at radius 2 is 2.10 bits per heavy atom. The molecule has 4 heteroatoms. The van der Waals surface area contributed by atoms with Crippen LogP contribution in [-0.2, 0) is 11.3 Å². The van der Waals surface area contributed by atoms with Gasteiger partial charge in [-0.25, -0.2) is 4.98 Å². The van der Waals surface area contributed by atoms with Gasteiger partial charge in [-0.15, -0.1) is 0 Å². The summed E-state index contributed by atoms with van der Waals surface area (Å²) in [4.78, 5) is 4.75. The van der Waals surface area contributed by atoms with Crippen LogP contribution in [0.3, 0.4) is 0 Å². The molecule has 0 bridgehead atoms. The van der Waals surface area contributed by atoms with Crippen LogP contribution in [0.5, 0.6) is 0 Å². The van der Waals surface area contributed by atoms with Crippen LogP contribution < -0.4 is 5.32 Å². The van der Waals surface area contributed by atoms with Gasteiger partial charge in [0.25, 0.3) is 0 Å². The summed E-state index contributed by atoms with van der Waals surface area (Å²) >= 11 is 0. The predicted octanol–water partition coefficient (Wildman–Crippen LogP) is 2.77. The lowest BCUT2D eigenvalue weighted by Gasteiger charge is -2.29. The second kappa shape index (κ2) is 4.94. The molecule has 0 amide bonds. The molecule has 4 rings (SSSR count). The summed E-state index contributed by atoms with van der Waals surface area (Å²) in [5, 5.41) is 3.60. The molecule has 0 spiro atoms. The van der Waals surface area contributed by atoms with E-state index < -0.39 is 0 Å². The first kappa shape index (κ1) is 12.0. The average molecular weight is 269 g/mol. The highest BCUT2D eigenvalue weighted by molar-refractivity contribution is 5.60. The normalized spacial score (nSPS) is 25.2. The van der Waals surface area contributed by atoms with Gasteiger partial charge in [0.1, 0.15) is 0 Å². The first-order valence-electron chi connectivity index (χ1n) is 7.37. The van der Waals surface area contributed by atoms with Crippen molar-refractivity contribution in [2.75, 3.05) is 18.5 Å². The van der Waals surface area contributed by atoms with Crippen molar-refractivity contribution in [3.8, 4) is 11.3 Å². The van der Waals surface area contributed by atoms with Gasteiger partial charge in [-0.1, -0.05) is 30.3 Å². The van der Waals surface area contributed by atoms with Crippen molar-refractivity contribution in [2.45, 2.75) is 25.4 Å². The fourth-order valence-electron chi connectivity index (χ4n) is 3.19. The monoisotopic (exact) mass is 269 g/mol. The maximum Gasteiger partial charge on any atom is 0.203 e. The number of ether oxygens (including phenoxy) is 1. The van der Waals surface area contributed by atoms with Gasteiger partial charge in [0.05, 0.1) is 12.3 Å². The number of fused-ring (bicyclic) bond motifs is 1. The van der Waals surface area contributed by atoms with E-state index in [1.165, 1.54) is 12.0 Å². The first-order valence-corrected chi connectivity index (χ1v) is 7.37. The topological polar surface area (TPSA) is 39.1 Å². The third-order valence-corrected chi connectivity index (χ3v) is 4.38. The molecule has 2 aromatic rings. The molecule has 104 valence electrons. The van der Waals surface area contributed by atoms with E-state index >= 15 is 0 Å². The zero-order valence-corrected chi connectivity index (χ0v) is 11.5. The molecule has 1 fully saturated rings. The van der Waals surface area contributed by atoms with E-state index in [-0.39, 0.29) is 0 Å². The van der Waals surface area contributed by atoms with Crippen molar-refractivity contribution in [1.29, 1.82) is 0 Å². The molecule has 0 aliphatic carbocycles. The van der Waals surface area contributed by atoms with Gasteiger partial charge in [-0.3, -0.25) is 0 Å². The number of nitrogens with one attached hydrogen (secondary N) is 1. The summed E-state index contributed by atoms with van der Waals surface area (Å²) in [6, 6.07) is 10.9. The number of hydrogen-bond acceptors (Lipinski definition) is 3. The van der Waals surface area contributed by atoms with E-state index in [1.54, 1.807) is 0 Å². The van der Waals surface area contributed by atoms with Gasteiger partial charge in [-0.05, 0) is 12.8 Å². The standard InChI is InChI=1S/C16H19N3O/c1-2-4-12(5-3-1)15-10-19-8-6-14(17-16(19)18-15)13-7-9-20-11-13/h1-5,10,13-14H,6-9,11H2,(H,17,18). The maximum atomic E-state index is 5.51. The highest BCUT2D eigenvalue weighted by Crippen LogP contribution is 2.29. The van der Waals surface area contributed by atoms with E-state index in [1.807, 2.05) is 6.07 Å². The van der Waals surface area contributed by atoms with Crippen molar-refractivity contribution < 1.29 is 4.74 Å². The number of benzene rings is 1. The van der Waals surface area contributed by atoms with Gasteiger partial charge in [0, 0.05) is 36.9 Å². The molecule has 4 nitrogen and oxygen atoms in total. The van der Waals surface area contributed by atoms with Crippen molar-refractivity contribution in [3.05, 3.63) is 36.5 Å². The Bertz CT molecular complexity index is 587. The quantitative estimate of drug-likeness (QED) is 0.911. The molecule has 2 atom stereocenters. The van der Waals surface area contributed by atoms with Gasteiger partial charge in [0.2, 0.25) is 5.95 Å². The van der Waals surface area contributed by atoms with Crippen LogP contribution in [-0.4, -0.2) is 28.8 Å². The summed E-state index contributed by atoms with van der Waals surface area (Å²) in [5.41, 5.74) is 2.23. The Morgan fingerprint density at radius 3 is 2.90 bits per heavy atom. The summed E-state index contributed by atoms with van der Waals surface area (Å²) in [6.45, 7) is 2.85. The second-order valence-corrected chi connectivity index (χ2v) is 5.67. The Kier molecular flexibility index (Phi) is 2.96. The molecule has 0 saturated carbocycles. The fraction of sp³-hybridized carbons (Fsp3) is 0.438. The minimum atomic E-state index is 0.510. The van der Waals surface area contributed by atoms with E-state index in [4.69, 9.17) is 9.72 Å². The van der Waals surface area contributed by atoms with Gasteiger partial charge in [-0.2, -0.15) is 0 Å². The van der Waals surface area contributed by atoms with Gasteiger partial charge in [0.15, 0.2) is 0 Å². The van der Waals surface area contributed by atoms with Crippen LogP contribution in [0.25, 0.3) is 11.3 Å². The lowest BCUT2D eigenvalue weighted by Crippen LogP contribution is -2.35. The Hall–Kier alpha value is -1.81. The smallest absolute Gasteiger partial charge is 0.203 e. The summed E-state index contributed by atoms with van der Waals surface area (Å²) in [7, 11) is 0. The maximum absolute atomic E-state index is 5.51. The van der Waals surface area contributed by atoms with Crippen LogP contribution in [0.1, 0.15) is 12.8 Å². The van der Waals surface area contributed by atoms with Gasteiger partial charge >= 0.3 is 0 Å². The molecule has 2 unspecified atom stereocenters. The molecule has 20 heavy (non-hydrogen) atoms. The van der Waals surface area contributed by atoms with Gasteiger partial charge < -0.3 is 14.6 Å². The Morgan fingerprint density at radius 1 is 1.20 bits per heavy atom. The summed E-state index contributed by atoms with van der Waals surface area (Å²) in [5.74, 6) is 1.65. The van der Waals surface area contributed by atoms with Crippen LogP contribution in [0.15, 0.2) is 36.5 Å². The van der Waals surface area contributed by atoms with Crippen LogP contribution >= 0.6 is 0 Å². The molecular formula is C16H19N3O.